The number of nitrogens with two attached hydrogens (primary N) is 1. The van der Waals surface area contributed by atoms with E-state index in [2.05, 4.69) is 0 Å². The Morgan fingerprint density at radius 2 is 2.13 bits per heavy atom. The van der Waals surface area contributed by atoms with Crippen LogP contribution >= 0.6 is 24.2 Å². The quantitative estimate of drug-likeness (QED) is 0.786. The Kier molecular flexibility index (Phi) is 8.99. The van der Waals surface area contributed by atoms with Crippen molar-refractivity contribution < 1.29 is 9.90 Å². The molecule has 6 heteroatoms. The third kappa shape index (κ3) is 5.68. The predicted molar refractivity (Wildman–Crippen MR) is 99.0 cm³/mol. The van der Waals surface area contributed by atoms with Gasteiger partial charge in [0.05, 0.1) is 12.1 Å². The molecule has 0 spiro atoms. The number of thioether (sulfide) groups is 1. The van der Waals surface area contributed by atoms with Crippen molar-refractivity contribution in [2.45, 2.75) is 43.9 Å². The molecule has 1 aliphatic rings. The van der Waals surface area contributed by atoms with Gasteiger partial charge >= 0.3 is 0 Å². The van der Waals surface area contributed by atoms with Crippen molar-refractivity contribution in [3.63, 3.8) is 0 Å². The number of hydrogen-bond donors (Lipinski definition) is 2. The molecule has 0 aromatic heterocycles. The monoisotopic (exact) mass is 358 g/mol. The molecule has 0 aliphatic carbocycles. The molecule has 0 radical (unpaired) electrons. The zero-order chi connectivity index (χ0) is 15.9. The zero-order valence-corrected chi connectivity index (χ0v) is 15.2. The van der Waals surface area contributed by atoms with E-state index in [-0.39, 0.29) is 24.4 Å². The smallest absolute Gasteiger partial charge is 0.239 e. The molecule has 0 saturated carbocycles. The van der Waals surface area contributed by atoms with Crippen molar-refractivity contribution >= 4 is 30.1 Å². The van der Waals surface area contributed by atoms with Crippen LogP contribution in [0.5, 0.6) is 0 Å². The van der Waals surface area contributed by atoms with Crippen LogP contribution in [0, 0.1) is 0 Å². The molecule has 3 atom stereocenters. The first-order valence-corrected chi connectivity index (χ1v) is 9.31. The summed E-state index contributed by atoms with van der Waals surface area (Å²) in [7, 11) is 0. The van der Waals surface area contributed by atoms with Gasteiger partial charge in [-0.3, -0.25) is 4.79 Å². The summed E-state index contributed by atoms with van der Waals surface area (Å²) in [5.41, 5.74) is 6.93. The summed E-state index contributed by atoms with van der Waals surface area (Å²) in [5, 5.41) is 10.4. The minimum atomic E-state index is -0.526. The number of nitrogens with zero attached hydrogens (tertiary/aromatic N) is 1. The Balaban J connectivity index is 0.00000264. The number of rotatable bonds is 7. The summed E-state index contributed by atoms with van der Waals surface area (Å²) in [4.78, 5) is 14.4. The molecule has 2 unspecified atom stereocenters. The normalized spacial score (nSPS) is 20.0. The van der Waals surface area contributed by atoms with E-state index in [0.717, 1.165) is 30.7 Å². The van der Waals surface area contributed by atoms with E-state index in [1.807, 2.05) is 41.5 Å². The van der Waals surface area contributed by atoms with Crippen LogP contribution < -0.4 is 5.73 Å². The molecule has 2 rings (SSSR count). The van der Waals surface area contributed by atoms with Crippen LogP contribution in [0.1, 0.15) is 37.4 Å². The van der Waals surface area contributed by atoms with Gasteiger partial charge in [0.2, 0.25) is 5.91 Å². The molecule has 1 saturated heterocycles. The van der Waals surface area contributed by atoms with E-state index in [0.29, 0.717) is 12.8 Å². The number of halogens is 1. The van der Waals surface area contributed by atoms with Crippen LogP contribution in [-0.4, -0.2) is 46.6 Å². The number of aliphatic hydroxyl groups excluding tert-OH is 1. The van der Waals surface area contributed by atoms with Gasteiger partial charge in [0, 0.05) is 12.6 Å². The summed E-state index contributed by atoms with van der Waals surface area (Å²) in [6.07, 6.45) is 4.74. The highest BCUT2D eigenvalue weighted by Gasteiger charge is 2.32. The Morgan fingerprint density at radius 3 is 2.78 bits per heavy atom. The molecule has 0 bridgehead atoms. The second kappa shape index (κ2) is 10.2. The van der Waals surface area contributed by atoms with Crippen molar-refractivity contribution in [3.05, 3.63) is 35.9 Å². The van der Waals surface area contributed by atoms with Gasteiger partial charge in [-0.1, -0.05) is 30.3 Å². The van der Waals surface area contributed by atoms with E-state index < -0.39 is 12.1 Å². The van der Waals surface area contributed by atoms with Gasteiger partial charge < -0.3 is 15.7 Å². The fourth-order valence-corrected chi connectivity index (χ4v) is 3.51. The molecule has 1 aromatic rings. The molecule has 1 aliphatic heterocycles. The lowest BCUT2D eigenvalue weighted by molar-refractivity contribution is -0.133. The maximum Gasteiger partial charge on any atom is 0.239 e. The Morgan fingerprint density at radius 1 is 1.43 bits per heavy atom. The Hall–Kier alpha value is -0.750. The van der Waals surface area contributed by atoms with Gasteiger partial charge in [-0.15, -0.1) is 12.4 Å². The molecule has 3 N–H and O–H groups in total. The third-order valence-corrected chi connectivity index (χ3v) is 4.93. The first-order valence-electron chi connectivity index (χ1n) is 7.91. The second-order valence-corrected chi connectivity index (χ2v) is 6.86. The maximum absolute atomic E-state index is 12.5. The molecule has 23 heavy (non-hydrogen) atoms. The summed E-state index contributed by atoms with van der Waals surface area (Å²) >= 11 is 1.71. The molecule has 130 valence electrons. The fraction of sp³-hybridized carbons (Fsp3) is 0.588. The van der Waals surface area contributed by atoms with Gasteiger partial charge in [-0.2, -0.15) is 11.8 Å². The average molecular weight is 359 g/mol. The minimum Gasteiger partial charge on any atom is -0.388 e. The highest BCUT2D eigenvalue weighted by Crippen LogP contribution is 2.28. The van der Waals surface area contributed by atoms with Gasteiger partial charge in [0.15, 0.2) is 0 Å². The topological polar surface area (TPSA) is 66.6 Å². The van der Waals surface area contributed by atoms with Gasteiger partial charge in [-0.05, 0) is 43.3 Å². The number of likely N-dealkylation sites (tertiary alicyclic amines) is 1. The number of hydrogen-bond acceptors (Lipinski definition) is 4. The molecule has 1 heterocycles. The number of amides is 1. The summed E-state index contributed by atoms with van der Waals surface area (Å²) in [5.74, 6) is 0.940. The molecular formula is C17H27ClN2O2S. The zero-order valence-electron chi connectivity index (χ0n) is 13.6. The predicted octanol–water partition coefficient (Wildman–Crippen LogP) is 2.60. The van der Waals surface area contributed by atoms with Gasteiger partial charge in [0.1, 0.15) is 0 Å². The SMILES string of the molecule is CSCC[C@H](N)C(=O)N1CCCC1CC(O)c1ccccc1.Cl. The molecular weight excluding hydrogens is 332 g/mol. The van der Waals surface area contributed by atoms with Crippen LogP contribution in [-0.2, 0) is 4.79 Å². The standard InChI is InChI=1S/C17H26N2O2S.ClH/c1-22-11-9-15(18)17(21)19-10-5-8-14(19)12-16(20)13-6-3-2-4-7-13;/h2-4,6-7,14-16,20H,5,8-12,18H2,1H3;1H/t14?,15-,16?;/m0./s1. The van der Waals surface area contributed by atoms with E-state index in [9.17, 15) is 9.90 Å². The Labute approximate surface area is 149 Å². The number of aliphatic hydroxyl groups is 1. The van der Waals surface area contributed by atoms with Crippen LogP contribution in [0.2, 0.25) is 0 Å². The first-order chi connectivity index (χ1) is 10.6. The lowest BCUT2D eigenvalue weighted by Crippen LogP contribution is -2.46. The highest BCUT2D eigenvalue weighted by molar-refractivity contribution is 7.98. The number of carbonyl (C=O) groups is 1. The number of carbonyl (C=O) groups excluding carboxylic acids is 1. The maximum atomic E-state index is 12.5. The van der Waals surface area contributed by atoms with Crippen LogP contribution in [0.25, 0.3) is 0 Å². The minimum absolute atomic E-state index is 0. The van der Waals surface area contributed by atoms with Crippen molar-refractivity contribution in [1.29, 1.82) is 0 Å². The molecule has 1 aromatic carbocycles. The summed E-state index contributed by atoms with van der Waals surface area (Å²) in [6, 6.07) is 9.33. The summed E-state index contributed by atoms with van der Waals surface area (Å²) < 4.78 is 0. The lowest BCUT2D eigenvalue weighted by Gasteiger charge is -2.29. The van der Waals surface area contributed by atoms with Gasteiger partial charge in [0.25, 0.3) is 0 Å². The van der Waals surface area contributed by atoms with Gasteiger partial charge in [-0.25, -0.2) is 0 Å². The van der Waals surface area contributed by atoms with Crippen molar-refractivity contribution in [3.8, 4) is 0 Å². The Bertz CT molecular complexity index is 475. The highest BCUT2D eigenvalue weighted by atomic mass is 35.5. The van der Waals surface area contributed by atoms with E-state index in [1.54, 1.807) is 11.8 Å². The van der Waals surface area contributed by atoms with Crippen molar-refractivity contribution in [1.82, 2.24) is 4.90 Å². The molecule has 4 nitrogen and oxygen atoms in total. The largest absolute Gasteiger partial charge is 0.388 e. The second-order valence-electron chi connectivity index (χ2n) is 5.88. The number of benzene rings is 1. The molecule has 1 amide bonds. The van der Waals surface area contributed by atoms with E-state index in [4.69, 9.17) is 5.73 Å². The van der Waals surface area contributed by atoms with E-state index >= 15 is 0 Å². The van der Waals surface area contributed by atoms with Crippen LogP contribution in [0.15, 0.2) is 30.3 Å². The average Bonchev–Trinajstić information content (AvgIpc) is 3.00. The first kappa shape index (κ1) is 20.3. The third-order valence-electron chi connectivity index (χ3n) is 4.29. The lowest BCUT2D eigenvalue weighted by atomic mass is 10.00. The van der Waals surface area contributed by atoms with Crippen LogP contribution in [0.4, 0.5) is 0 Å². The van der Waals surface area contributed by atoms with E-state index in [1.165, 1.54) is 0 Å². The van der Waals surface area contributed by atoms with Crippen molar-refractivity contribution in [2.24, 2.45) is 5.73 Å². The van der Waals surface area contributed by atoms with Crippen LogP contribution in [0.3, 0.4) is 0 Å². The fourth-order valence-electron chi connectivity index (χ4n) is 3.02. The summed E-state index contributed by atoms with van der Waals surface area (Å²) in [6.45, 7) is 0.762. The van der Waals surface area contributed by atoms with Crippen molar-refractivity contribution in [2.75, 3.05) is 18.6 Å². The molecule has 1 fully saturated rings.